The van der Waals surface area contributed by atoms with Crippen molar-refractivity contribution in [2.75, 3.05) is 5.73 Å². The van der Waals surface area contributed by atoms with Crippen LogP contribution in [-0.4, -0.2) is 11.2 Å². The third-order valence-corrected chi connectivity index (χ3v) is 1.73. The molecule has 0 saturated heterocycles. The number of rotatable bonds is 2. The van der Waals surface area contributed by atoms with Crippen LogP contribution >= 0.6 is 11.6 Å². The lowest BCUT2D eigenvalue weighted by atomic mass is 10.1. The summed E-state index contributed by atoms with van der Waals surface area (Å²) < 4.78 is 0. The summed E-state index contributed by atoms with van der Waals surface area (Å²) in [6.45, 7) is 1.65. The number of carbonyl (C=O) groups is 1. The maximum absolute atomic E-state index is 11.3. The van der Waals surface area contributed by atoms with Crippen molar-refractivity contribution in [2.24, 2.45) is 0 Å². The van der Waals surface area contributed by atoms with E-state index in [1.165, 1.54) is 0 Å². The molecule has 0 radical (unpaired) electrons. The molecule has 0 aliphatic carbocycles. The van der Waals surface area contributed by atoms with Gasteiger partial charge in [0.15, 0.2) is 5.78 Å². The number of anilines is 1. The number of alkyl halides is 1. The van der Waals surface area contributed by atoms with Crippen LogP contribution in [0.4, 0.5) is 5.69 Å². The Labute approximate surface area is 76.3 Å². The lowest BCUT2D eigenvalue weighted by molar-refractivity contribution is 0.0992. The fourth-order valence-corrected chi connectivity index (χ4v) is 1.05. The van der Waals surface area contributed by atoms with Crippen molar-refractivity contribution in [1.29, 1.82) is 0 Å². The maximum Gasteiger partial charge on any atom is 0.180 e. The van der Waals surface area contributed by atoms with Gasteiger partial charge in [-0.15, -0.1) is 11.6 Å². The average molecular weight is 184 g/mol. The van der Waals surface area contributed by atoms with Crippen LogP contribution in [-0.2, 0) is 0 Å². The summed E-state index contributed by atoms with van der Waals surface area (Å²) in [7, 11) is 0. The molecule has 0 amide bonds. The first-order valence-electron chi connectivity index (χ1n) is 3.65. The lowest BCUT2D eigenvalue weighted by Crippen LogP contribution is -2.10. The van der Waals surface area contributed by atoms with Crippen LogP contribution in [0.25, 0.3) is 0 Å². The van der Waals surface area contributed by atoms with Crippen molar-refractivity contribution in [1.82, 2.24) is 0 Å². The number of carbonyl (C=O) groups excluding carboxylic acids is 1. The van der Waals surface area contributed by atoms with Crippen LogP contribution in [0.15, 0.2) is 24.3 Å². The SMILES string of the molecule is CC(Cl)C(=O)c1cccc(N)c1. The van der Waals surface area contributed by atoms with Crippen molar-refractivity contribution in [3.8, 4) is 0 Å². The molecule has 64 valence electrons. The summed E-state index contributed by atoms with van der Waals surface area (Å²) in [5.74, 6) is -0.0935. The average Bonchev–Trinajstić information content (AvgIpc) is 2.03. The summed E-state index contributed by atoms with van der Waals surface area (Å²) in [4.78, 5) is 11.3. The molecule has 1 aromatic rings. The summed E-state index contributed by atoms with van der Waals surface area (Å²) in [5, 5.41) is -0.494. The number of benzene rings is 1. The highest BCUT2D eigenvalue weighted by atomic mass is 35.5. The van der Waals surface area contributed by atoms with Crippen LogP contribution in [0.3, 0.4) is 0 Å². The molecule has 1 aromatic carbocycles. The number of hydrogen-bond donors (Lipinski definition) is 1. The van der Waals surface area contributed by atoms with Crippen molar-refractivity contribution < 1.29 is 4.79 Å². The minimum absolute atomic E-state index is 0.0935. The van der Waals surface area contributed by atoms with Gasteiger partial charge >= 0.3 is 0 Å². The lowest BCUT2D eigenvalue weighted by Gasteiger charge is -2.02. The topological polar surface area (TPSA) is 43.1 Å². The molecule has 0 aromatic heterocycles. The van der Waals surface area contributed by atoms with Gasteiger partial charge in [-0.25, -0.2) is 0 Å². The molecule has 0 aliphatic heterocycles. The van der Waals surface area contributed by atoms with Crippen molar-refractivity contribution >= 4 is 23.1 Å². The minimum Gasteiger partial charge on any atom is -0.399 e. The highest BCUT2D eigenvalue weighted by molar-refractivity contribution is 6.33. The molecular formula is C9H10ClNO. The Morgan fingerprint density at radius 2 is 2.25 bits per heavy atom. The fraction of sp³-hybridized carbons (Fsp3) is 0.222. The summed E-state index contributed by atoms with van der Waals surface area (Å²) >= 11 is 5.62. The van der Waals surface area contributed by atoms with Crippen LogP contribution in [0.1, 0.15) is 17.3 Å². The Hall–Kier alpha value is -1.02. The van der Waals surface area contributed by atoms with Crippen molar-refractivity contribution in [3.05, 3.63) is 29.8 Å². The largest absolute Gasteiger partial charge is 0.399 e. The molecular weight excluding hydrogens is 174 g/mol. The number of ketones is 1. The first-order chi connectivity index (χ1) is 5.61. The van der Waals surface area contributed by atoms with E-state index in [1.807, 2.05) is 0 Å². The molecule has 0 aliphatic rings. The Bertz CT molecular complexity index is 296. The predicted molar refractivity (Wildman–Crippen MR) is 50.5 cm³/mol. The van der Waals surface area contributed by atoms with Gasteiger partial charge in [-0.3, -0.25) is 4.79 Å². The highest BCUT2D eigenvalue weighted by Crippen LogP contribution is 2.11. The molecule has 0 saturated carbocycles. The van der Waals surface area contributed by atoms with Gasteiger partial charge in [0.2, 0.25) is 0 Å². The second-order valence-corrected chi connectivity index (χ2v) is 3.26. The molecule has 1 rings (SSSR count). The Kier molecular flexibility index (Phi) is 2.71. The summed E-state index contributed by atoms with van der Waals surface area (Å²) in [6.07, 6.45) is 0. The van der Waals surface area contributed by atoms with E-state index in [0.717, 1.165) is 0 Å². The highest BCUT2D eigenvalue weighted by Gasteiger charge is 2.11. The number of hydrogen-bond acceptors (Lipinski definition) is 2. The Morgan fingerprint density at radius 3 is 2.75 bits per heavy atom. The molecule has 0 bridgehead atoms. The molecule has 0 spiro atoms. The monoisotopic (exact) mass is 183 g/mol. The van der Waals surface area contributed by atoms with E-state index in [-0.39, 0.29) is 5.78 Å². The van der Waals surface area contributed by atoms with E-state index in [0.29, 0.717) is 11.3 Å². The van der Waals surface area contributed by atoms with Crippen LogP contribution in [0, 0.1) is 0 Å². The van der Waals surface area contributed by atoms with Crippen molar-refractivity contribution in [3.63, 3.8) is 0 Å². The Balaban J connectivity index is 2.96. The van der Waals surface area contributed by atoms with Gasteiger partial charge in [-0.05, 0) is 19.1 Å². The first-order valence-corrected chi connectivity index (χ1v) is 4.08. The normalized spacial score (nSPS) is 12.5. The molecule has 2 N–H and O–H groups in total. The predicted octanol–water partition coefficient (Wildman–Crippen LogP) is 2.08. The second kappa shape index (κ2) is 3.59. The molecule has 0 fully saturated rings. The first kappa shape index (κ1) is 9.07. The van der Waals surface area contributed by atoms with Gasteiger partial charge < -0.3 is 5.73 Å². The standard InChI is InChI=1S/C9H10ClNO/c1-6(10)9(12)7-3-2-4-8(11)5-7/h2-6H,11H2,1H3. The Morgan fingerprint density at radius 1 is 1.58 bits per heavy atom. The second-order valence-electron chi connectivity index (χ2n) is 2.61. The number of nitrogen functional groups attached to an aromatic ring is 1. The maximum atomic E-state index is 11.3. The molecule has 12 heavy (non-hydrogen) atoms. The van der Waals surface area contributed by atoms with Crippen LogP contribution < -0.4 is 5.73 Å². The number of Topliss-reactive ketones (excluding diaryl/α,β-unsaturated/α-hetero) is 1. The zero-order valence-corrected chi connectivity index (χ0v) is 7.51. The van der Waals surface area contributed by atoms with Gasteiger partial charge in [0.1, 0.15) is 0 Å². The third-order valence-electron chi connectivity index (χ3n) is 1.53. The molecule has 1 unspecified atom stereocenters. The zero-order valence-electron chi connectivity index (χ0n) is 6.75. The summed E-state index contributed by atoms with van der Waals surface area (Å²) in [5.41, 5.74) is 6.65. The fourth-order valence-electron chi connectivity index (χ4n) is 0.922. The van der Waals surface area contributed by atoms with Crippen LogP contribution in [0.5, 0.6) is 0 Å². The minimum atomic E-state index is -0.494. The van der Waals surface area contributed by atoms with E-state index in [2.05, 4.69) is 0 Å². The van der Waals surface area contributed by atoms with Gasteiger partial charge in [0, 0.05) is 11.3 Å². The number of halogens is 1. The van der Waals surface area contributed by atoms with E-state index >= 15 is 0 Å². The van der Waals surface area contributed by atoms with E-state index in [4.69, 9.17) is 17.3 Å². The zero-order chi connectivity index (χ0) is 9.14. The quantitative estimate of drug-likeness (QED) is 0.434. The number of nitrogens with two attached hydrogens (primary N) is 1. The molecule has 1 atom stereocenters. The molecule has 2 nitrogen and oxygen atoms in total. The third kappa shape index (κ3) is 1.98. The van der Waals surface area contributed by atoms with Gasteiger partial charge in [0.05, 0.1) is 5.38 Å². The van der Waals surface area contributed by atoms with E-state index in [9.17, 15) is 4.79 Å². The van der Waals surface area contributed by atoms with Crippen molar-refractivity contribution in [2.45, 2.75) is 12.3 Å². The van der Waals surface area contributed by atoms with E-state index in [1.54, 1.807) is 31.2 Å². The molecule has 0 heterocycles. The molecule has 3 heteroatoms. The van der Waals surface area contributed by atoms with Gasteiger partial charge in [0.25, 0.3) is 0 Å². The van der Waals surface area contributed by atoms with E-state index < -0.39 is 5.38 Å². The smallest absolute Gasteiger partial charge is 0.180 e. The van der Waals surface area contributed by atoms with Gasteiger partial charge in [-0.1, -0.05) is 12.1 Å². The summed E-state index contributed by atoms with van der Waals surface area (Å²) in [6, 6.07) is 6.80. The van der Waals surface area contributed by atoms with Crippen LogP contribution in [0.2, 0.25) is 0 Å². The van der Waals surface area contributed by atoms with Gasteiger partial charge in [-0.2, -0.15) is 0 Å².